The minimum atomic E-state index is -0.363. The van der Waals surface area contributed by atoms with E-state index in [2.05, 4.69) is 5.32 Å². The van der Waals surface area contributed by atoms with Crippen LogP contribution in [-0.2, 0) is 6.61 Å². The smallest absolute Gasteiger partial charge is 0.321 e. The van der Waals surface area contributed by atoms with E-state index in [0.29, 0.717) is 43.0 Å². The number of hydrogen-bond donors (Lipinski definition) is 2. The molecule has 1 fully saturated rings. The molecule has 6 nitrogen and oxygen atoms in total. The van der Waals surface area contributed by atoms with Crippen molar-refractivity contribution in [2.45, 2.75) is 6.61 Å². The fourth-order valence-corrected chi connectivity index (χ4v) is 2.89. The molecule has 26 heavy (non-hydrogen) atoms. The summed E-state index contributed by atoms with van der Waals surface area (Å²) in [7, 11) is 0. The number of rotatable bonds is 3. The second-order valence-electron chi connectivity index (χ2n) is 6.03. The van der Waals surface area contributed by atoms with Crippen LogP contribution in [0.1, 0.15) is 15.9 Å². The van der Waals surface area contributed by atoms with Gasteiger partial charge >= 0.3 is 6.03 Å². The molecule has 0 bridgehead atoms. The SMILES string of the molecule is O=C(Nc1ccc(F)cc1)N1CCN(C(=O)c2ccccc2CO)CC1. The Labute approximate surface area is 150 Å². The van der Waals surface area contributed by atoms with E-state index in [0.717, 1.165) is 0 Å². The van der Waals surface area contributed by atoms with E-state index in [4.69, 9.17) is 0 Å². The predicted octanol–water partition coefficient (Wildman–Crippen LogP) is 2.31. The predicted molar refractivity (Wildman–Crippen MR) is 95.3 cm³/mol. The number of carbonyl (C=O) groups excluding carboxylic acids is 2. The molecule has 2 aromatic rings. The molecule has 2 aromatic carbocycles. The van der Waals surface area contributed by atoms with Crippen molar-refractivity contribution in [3.8, 4) is 0 Å². The number of anilines is 1. The Bertz CT molecular complexity index is 787. The first-order chi connectivity index (χ1) is 12.6. The molecule has 0 saturated carbocycles. The number of hydrogen-bond acceptors (Lipinski definition) is 3. The number of urea groups is 1. The molecule has 1 saturated heterocycles. The first-order valence-electron chi connectivity index (χ1n) is 8.38. The van der Waals surface area contributed by atoms with E-state index in [-0.39, 0.29) is 24.4 Å². The lowest BCUT2D eigenvalue weighted by atomic mass is 10.1. The van der Waals surface area contributed by atoms with Gasteiger partial charge in [-0.05, 0) is 35.9 Å². The summed E-state index contributed by atoms with van der Waals surface area (Å²) in [6.45, 7) is 1.44. The third-order valence-electron chi connectivity index (χ3n) is 4.37. The molecular formula is C19H20FN3O3. The summed E-state index contributed by atoms with van der Waals surface area (Å²) in [5, 5.41) is 12.1. The maximum atomic E-state index is 12.9. The first-order valence-corrected chi connectivity index (χ1v) is 8.38. The standard InChI is InChI=1S/C19H20FN3O3/c20-15-5-7-16(8-6-15)21-19(26)23-11-9-22(10-12-23)18(25)17-4-2-1-3-14(17)13-24/h1-8,24H,9-13H2,(H,21,26). The lowest BCUT2D eigenvalue weighted by Crippen LogP contribution is -2.51. The maximum Gasteiger partial charge on any atom is 0.321 e. The fourth-order valence-electron chi connectivity index (χ4n) is 2.89. The molecule has 3 rings (SSSR count). The van der Waals surface area contributed by atoms with Crippen molar-refractivity contribution in [1.82, 2.24) is 9.80 Å². The van der Waals surface area contributed by atoms with Gasteiger partial charge in [0.25, 0.3) is 5.91 Å². The molecule has 2 N–H and O–H groups in total. The normalized spacial score (nSPS) is 14.2. The number of aliphatic hydroxyl groups is 1. The summed E-state index contributed by atoms with van der Waals surface area (Å²) in [4.78, 5) is 28.2. The zero-order valence-electron chi connectivity index (χ0n) is 14.2. The summed E-state index contributed by atoms with van der Waals surface area (Å²) < 4.78 is 12.9. The van der Waals surface area contributed by atoms with Gasteiger partial charge in [-0.3, -0.25) is 4.79 Å². The number of carbonyl (C=O) groups is 2. The minimum absolute atomic E-state index is 0.145. The zero-order chi connectivity index (χ0) is 18.5. The van der Waals surface area contributed by atoms with Crippen molar-refractivity contribution < 1.29 is 19.1 Å². The Morgan fingerprint density at radius 3 is 2.23 bits per heavy atom. The number of piperazine rings is 1. The van der Waals surface area contributed by atoms with Crippen LogP contribution in [0.3, 0.4) is 0 Å². The Hall–Kier alpha value is -2.93. The Morgan fingerprint density at radius 2 is 1.58 bits per heavy atom. The quantitative estimate of drug-likeness (QED) is 0.885. The third-order valence-corrected chi connectivity index (χ3v) is 4.37. The maximum absolute atomic E-state index is 12.9. The molecule has 0 radical (unpaired) electrons. The summed E-state index contributed by atoms with van der Waals surface area (Å²) in [6, 6.07) is 12.2. The Balaban J connectivity index is 1.57. The van der Waals surface area contributed by atoms with E-state index in [9.17, 15) is 19.1 Å². The molecule has 1 aliphatic rings. The van der Waals surface area contributed by atoms with Crippen molar-refractivity contribution in [3.63, 3.8) is 0 Å². The second kappa shape index (κ2) is 7.97. The second-order valence-corrected chi connectivity index (χ2v) is 6.03. The van der Waals surface area contributed by atoms with Crippen molar-refractivity contribution in [1.29, 1.82) is 0 Å². The van der Waals surface area contributed by atoms with Gasteiger partial charge in [0, 0.05) is 37.4 Å². The van der Waals surface area contributed by atoms with Gasteiger partial charge < -0.3 is 20.2 Å². The first kappa shape index (κ1) is 17.9. The topological polar surface area (TPSA) is 72.9 Å². The van der Waals surface area contributed by atoms with Crippen LogP contribution in [-0.4, -0.2) is 53.0 Å². The molecule has 0 atom stereocenters. The Morgan fingerprint density at radius 1 is 0.962 bits per heavy atom. The molecule has 3 amide bonds. The van der Waals surface area contributed by atoms with Gasteiger partial charge in [-0.15, -0.1) is 0 Å². The summed E-state index contributed by atoms with van der Waals surface area (Å²) in [5.41, 5.74) is 1.60. The van der Waals surface area contributed by atoms with Crippen LogP contribution in [0.2, 0.25) is 0 Å². The van der Waals surface area contributed by atoms with Gasteiger partial charge in [0.2, 0.25) is 0 Å². The molecule has 0 aliphatic carbocycles. The fraction of sp³-hybridized carbons (Fsp3) is 0.263. The van der Waals surface area contributed by atoms with Gasteiger partial charge in [0.15, 0.2) is 0 Å². The van der Waals surface area contributed by atoms with Crippen LogP contribution >= 0.6 is 0 Å². The van der Waals surface area contributed by atoms with Gasteiger partial charge in [-0.25, -0.2) is 9.18 Å². The zero-order valence-corrected chi connectivity index (χ0v) is 14.2. The van der Waals surface area contributed by atoms with Gasteiger partial charge in [0.05, 0.1) is 6.61 Å². The van der Waals surface area contributed by atoms with Crippen LogP contribution in [0.4, 0.5) is 14.9 Å². The number of nitrogens with zero attached hydrogens (tertiary/aromatic N) is 2. The summed E-state index contributed by atoms with van der Waals surface area (Å²) in [6.07, 6.45) is 0. The van der Waals surface area contributed by atoms with Crippen LogP contribution in [0.25, 0.3) is 0 Å². The van der Waals surface area contributed by atoms with Gasteiger partial charge in [-0.2, -0.15) is 0 Å². The van der Waals surface area contributed by atoms with E-state index in [1.54, 1.807) is 34.1 Å². The highest BCUT2D eigenvalue weighted by atomic mass is 19.1. The molecule has 1 aliphatic heterocycles. The monoisotopic (exact) mass is 357 g/mol. The number of benzene rings is 2. The van der Waals surface area contributed by atoms with E-state index >= 15 is 0 Å². The number of nitrogens with one attached hydrogen (secondary N) is 1. The minimum Gasteiger partial charge on any atom is -0.392 e. The third kappa shape index (κ3) is 4.00. The van der Waals surface area contributed by atoms with E-state index in [1.165, 1.54) is 24.3 Å². The van der Waals surface area contributed by atoms with E-state index < -0.39 is 0 Å². The largest absolute Gasteiger partial charge is 0.392 e. The summed E-state index contributed by atoms with van der Waals surface area (Å²) >= 11 is 0. The van der Waals surface area contributed by atoms with E-state index in [1.807, 2.05) is 0 Å². The average Bonchev–Trinajstić information content (AvgIpc) is 2.69. The number of amides is 3. The van der Waals surface area contributed by atoms with Gasteiger partial charge in [-0.1, -0.05) is 18.2 Å². The molecule has 136 valence electrons. The molecule has 1 heterocycles. The highest BCUT2D eigenvalue weighted by Gasteiger charge is 2.25. The van der Waals surface area contributed by atoms with Crippen LogP contribution < -0.4 is 5.32 Å². The number of halogens is 1. The lowest BCUT2D eigenvalue weighted by molar-refractivity contribution is 0.0668. The summed E-state index contributed by atoms with van der Waals surface area (Å²) in [5.74, 6) is -0.508. The highest BCUT2D eigenvalue weighted by Crippen LogP contribution is 2.15. The molecule has 0 spiro atoms. The molecule has 7 heteroatoms. The van der Waals surface area contributed by atoms with Crippen molar-refractivity contribution in [2.75, 3.05) is 31.5 Å². The number of aliphatic hydroxyl groups excluding tert-OH is 1. The molecule has 0 unspecified atom stereocenters. The van der Waals surface area contributed by atoms with Gasteiger partial charge in [0.1, 0.15) is 5.82 Å². The van der Waals surface area contributed by atoms with Crippen LogP contribution in [0.5, 0.6) is 0 Å². The van der Waals surface area contributed by atoms with Crippen molar-refractivity contribution in [2.24, 2.45) is 0 Å². The molecule has 0 aromatic heterocycles. The van der Waals surface area contributed by atoms with Crippen LogP contribution in [0.15, 0.2) is 48.5 Å². The highest BCUT2D eigenvalue weighted by molar-refractivity contribution is 5.96. The molecular weight excluding hydrogens is 337 g/mol. The lowest BCUT2D eigenvalue weighted by Gasteiger charge is -2.35. The average molecular weight is 357 g/mol. The van der Waals surface area contributed by atoms with Crippen molar-refractivity contribution in [3.05, 3.63) is 65.5 Å². The Kier molecular flexibility index (Phi) is 5.48. The van der Waals surface area contributed by atoms with Crippen molar-refractivity contribution >= 4 is 17.6 Å². The van der Waals surface area contributed by atoms with Crippen LogP contribution in [0, 0.1) is 5.82 Å².